The van der Waals surface area contributed by atoms with Crippen LogP contribution >= 0.6 is 0 Å². The number of benzene rings is 2. The maximum atomic E-state index is 12.8. The second-order valence-corrected chi connectivity index (χ2v) is 7.63. The molecule has 0 saturated heterocycles. The summed E-state index contributed by atoms with van der Waals surface area (Å²) in [5.41, 5.74) is 7.29. The zero-order valence-electron chi connectivity index (χ0n) is 17.4. The maximum absolute atomic E-state index is 12.8. The molecule has 2 aromatic rings. The lowest BCUT2D eigenvalue weighted by Gasteiger charge is -2.26. The van der Waals surface area contributed by atoms with Gasteiger partial charge in [0.05, 0.1) is 5.92 Å². The molecule has 9 heteroatoms. The second kappa shape index (κ2) is 9.51. The van der Waals surface area contributed by atoms with Gasteiger partial charge < -0.3 is 25.6 Å². The quantitative estimate of drug-likeness (QED) is 0.475. The van der Waals surface area contributed by atoms with E-state index in [2.05, 4.69) is 0 Å². The Kier molecular flexibility index (Phi) is 6.77. The number of ether oxygens (including phenoxy) is 1. The van der Waals surface area contributed by atoms with Gasteiger partial charge in [-0.15, -0.1) is 0 Å². The summed E-state index contributed by atoms with van der Waals surface area (Å²) in [6.07, 6.45) is -2.08. The average molecular weight is 440 g/mol. The zero-order chi connectivity index (χ0) is 23.4. The van der Waals surface area contributed by atoms with Crippen LogP contribution < -0.4 is 15.4 Å². The van der Waals surface area contributed by atoms with Gasteiger partial charge in [0.15, 0.2) is 6.10 Å². The van der Waals surface area contributed by atoms with Crippen LogP contribution in [0.25, 0.3) is 0 Å². The lowest BCUT2D eigenvalue weighted by Crippen LogP contribution is -2.38. The number of amides is 1. The van der Waals surface area contributed by atoms with Crippen molar-refractivity contribution in [3.63, 3.8) is 0 Å². The Morgan fingerprint density at radius 1 is 1.06 bits per heavy atom. The molecular weight excluding hydrogens is 416 g/mol. The van der Waals surface area contributed by atoms with Gasteiger partial charge in [-0.2, -0.15) is 0 Å². The van der Waals surface area contributed by atoms with Gasteiger partial charge in [0.25, 0.3) is 5.91 Å². The maximum Gasteiger partial charge on any atom is 0.344 e. The van der Waals surface area contributed by atoms with Crippen LogP contribution in [0.3, 0.4) is 0 Å². The van der Waals surface area contributed by atoms with E-state index in [0.717, 1.165) is 5.56 Å². The molecule has 0 aliphatic carbocycles. The van der Waals surface area contributed by atoms with Crippen molar-refractivity contribution in [1.29, 1.82) is 0 Å². The van der Waals surface area contributed by atoms with Gasteiger partial charge in [0.1, 0.15) is 5.75 Å². The third-order valence-electron chi connectivity index (χ3n) is 5.52. The van der Waals surface area contributed by atoms with Crippen LogP contribution in [0.1, 0.15) is 36.8 Å². The third kappa shape index (κ3) is 4.72. The minimum atomic E-state index is -1.43. The number of carboxylic acids is 2. The summed E-state index contributed by atoms with van der Waals surface area (Å²) in [6.45, 7) is 2.24. The Bertz CT molecular complexity index is 1040. The van der Waals surface area contributed by atoms with E-state index in [9.17, 15) is 24.3 Å². The number of Topliss-reactive ketones (excluding diaryl/α,β-unsaturated/α-hetero) is 1. The molecule has 168 valence electrons. The van der Waals surface area contributed by atoms with Crippen molar-refractivity contribution in [3.8, 4) is 5.75 Å². The van der Waals surface area contributed by atoms with E-state index in [1.165, 1.54) is 6.07 Å². The number of carboxylic acid groups (broad SMARTS) is 2. The number of nitrogens with zero attached hydrogens (tertiary/aromatic N) is 1. The molecule has 3 atom stereocenters. The minimum Gasteiger partial charge on any atom is -0.481 e. The summed E-state index contributed by atoms with van der Waals surface area (Å²) in [6, 6.07) is 14.0. The van der Waals surface area contributed by atoms with Gasteiger partial charge in [0.2, 0.25) is 5.78 Å². The van der Waals surface area contributed by atoms with Gasteiger partial charge in [0, 0.05) is 36.7 Å². The van der Waals surface area contributed by atoms with E-state index >= 15 is 0 Å². The summed E-state index contributed by atoms with van der Waals surface area (Å²) in [7, 11) is 0. The number of rotatable bonds is 10. The predicted octanol–water partition coefficient (Wildman–Crippen LogP) is 1.93. The molecule has 1 aliphatic heterocycles. The molecule has 0 saturated carbocycles. The van der Waals surface area contributed by atoms with Gasteiger partial charge in [-0.05, 0) is 24.6 Å². The number of hydrogen-bond donors (Lipinski definition) is 3. The molecule has 0 fully saturated rings. The van der Waals surface area contributed by atoms with Crippen LogP contribution in [0.15, 0.2) is 48.5 Å². The normalized spacial score (nSPS) is 18.0. The molecule has 3 rings (SSSR count). The third-order valence-corrected chi connectivity index (χ3v) is 5.52. The lowest BCUT2D eigenvalue weighted by atomic mass is 9.90. The van der Waals surface area contributed by atoms with Crippen molar-refractivity contribution in [1.82, 2.24) is 0 Å². The topological polar surface area (TPSA) is 147 Å². The molecular formula is C23H24N2O7. The standard InChI is InChI=1S/C23H24N2O7/c1-13-19(21(28)22(24)29)20-15(25(13)12-14-6-3-2-4-7-14)8-5-9-16(20)32-17(23(30)31)10-11-18(26)27/h2-9,13,17,19H,10-12H2,1H3,(H2,24,29)(H,26,27)(H,30,31). The second-order valence-electron chi connectivity index (χ2n) is 7.63. The van der Waals surface area contributed by atoms with E-state index in [1.54, 1.807) is 19.1 Å². The summed E-state index contributed by atoms with van der Waals surface area (Å²) in [5, 5.41) is 18.4. The fourth-order valence-corrected chi connectivity index (χ4v) is 3.99. The highest BCUT2D eigenvalue weighted by Crippen LogP contribution is 2.47. The first-order valence-electron chi connectivity index (χ1n) is 10.1. The minimum absolute atomic E-state index is 0.113. The fourth-order valence-electron chi connectivity index (χ4n) is 3.99. The van der Waals surface area contributed by atoms with Gasteiger partial charge in [-0.3, -0.25) is 14.4 Å². The first kappa shape index (κ1) is 22.8. The number of anilines is 1. The summed E-state index contributed by atoms with van der Waals surface area (Å²) in [5.74, 6) is -5.21. The monoisotopic (exact) mass is 440 g/mol. The number of ketones is 1. The molecule has 0 bridgehead atoms. The van der Waals surface area contributed by atoms with Crippen molar-refractivity contribution in [2.45, 2.75) is 44.4 Å². The van der Waals surface area contributed by atoms with Gasteiger partial charge >= 0.3 is 11.9 Å². The van der Waals surface area contributed by atoms with E-state index in [-0.39, 0.29) is 12.2 Å². The molecule has 3 unspecified atom stereocenters. The van der Waals surface area contributed by atoms with Crippen LogP contribution in [0.2, 0.25) is 0 Å². The number of carbonyl (C=O) groups is 4. The van der Waals surface area contributed by atoms with Crippen molar-refractivity contribution in [2.75, 3.05) is 4.90 Å². The van der Waals surface area contributed by atoms with Gasteiger partial charge in [-0.25, -0.2) is 4.79 Å². The Morgan fingerprint density at radius 2 is 1.75 bits per heavy atom. The summed E-state index contributed by atoms with van der Waals surface area (Å²) < 4.78 is 5.68. The summed E-state index contributed by atoms with van der Waals surface area (Å²) in [4.78, 5) is 49.0. The Balaban J connectivity index is 2.03. The molecule has 4 N–H and O–H groups in total. The number of carbonyl (C=O) groups excluding carboxylic acids is 2. The Morgan fingerprint density at radius 3 is 2.34 bits per heavy atom. The van der Waals surface area contributed by atoms with Crippen molar-refractivity contribution >= 4 is 29.3 Å². The van der Waals surface area contributed by atoms with Crippen molar-refractivity contribution < 1.29 is 34.1 Å². The Labute approximate surface area is 184 Å². The molecule has 32 heavy (non-hydrogen) atoms. The van der Waals surface area contributed by atoms with E-state index in [0.29, 0.717) is 17.8 Å². The van der Waals surface area contributed by atoms with E-state index in [4.69, 9.17) is 15.6 Å². The number of nitrogens with two attached hydrogens (primary N) is 1. The predicted molar refractivity (Wildman–Crippen MR) is 114 cm³/mol. The van der Waals surface area contributed by atoms with Crippen LogP contribution in [0, 0.1) is 0 Å². The van der Waals surface area contributed by atoms with Crippen LogP contribution in [0.5, 0.6) is 5.75 Å². The van der Waals surface area contributed by atoms with E-state index < -0.39 is 48.1 Å². The molecule has 1 amide bonds. The molecule has 0 radical (unpaired) electrons. The number of aliphatic carboxylic acids is 2. The van der Waals surface area contributed by atoms with Crippen molar-refractivity contribution in [3.05, 3.63) is 59.7 Å². The highest BCUT2D eigenvalue weighted by atomic mass is 16.5. The number of primary amides is 1. The van der Waals surface area contributed by atoms with E-state index in [1.807, 2.05) is 35.2 Å². The lowest BCUT2D eigenvalue weighted by molar-refractivity contribution is -0.146. The smallest absolute Gasteiger partial charge is 0.344 e. The molecule has 2 aromatic carbocycles. The average Bonchev–Trinajstić information content (AvgIpc) is 3.03. The first-order valence-corrected chi connectivity index (χ1v) is 10.1. The molecule has 1 aliphatic rings. The molecule has 0 spiro atoms. The molecule has 1 heterocycles. The highest BCUT2D eigenvalue weighted by Gasteiger charge is 2.44. The Hall–Kier alpha value is -3.88. The SMILES string of the molecule is CC1C(C(=O)C(N)=O)c2c(OC(CCC(=O)O)C(=O)O)cccc2N1Cc1ccccc1. The van der Waals surface area contributed by atoms with Crippen LogP contribution in [-0.2, 0) is 25.7 Å². The van der Waals surface area contributed by atoms with Crippen LogP contribution in [0.4, 0.5) is 5.69 Å². The molecule has 9 nitrogen and oxygen atoms in total. The molecule has 0 aromatic heterocycles. The largest absolute Gasteiger partial charge is 0.481 e. The zero-order valence-corrected chi connectivity index (χ0v) is 17.4. The number of fused-ring (bicyclic) bond motifs is 1. The first-order chi connectivity index (χ1) is 15.2. The van der Waals surface area contributed by atoms with Crippen molar-refractivity contribution in [2.24, 2.45) is 5.73 Å². The fraction of sp³-hybridized carbons (Fsp3) is 0.304. The van der Waals surface area contributed by atoms with Crippen LogP contribution in [-0.4, -0.2) is 46.0 Å². The highest BCUT2D eigenvalue weighted by molar-refractivity contribution is 6.38. The van der Waals surface area contributed by atoms with Gasteiger partial charge in [-0.1, -0.05) is 36.4 Å². The number of hydrogen-bond acceptors (Lipinski definition) is 6. The summed E-state index contributed by atoms with van der Waals surface area (Å²) >= 11 is 0.